The molecule has 0 aliphatic heterocycles. The van der Waals surface area contributed by atoms with Gasteiger partial charge in [-0.25, -0.2) is 4.98 Å². The Morgan fingerprint density at radius 3 is 2.77 bits per heavy atom. The highest BCUT2D eigenvalue weighted by Crippen LogP contribution is 2.31. The first kappa shape index (κ1) is 15.4. The third-order valence-electron chi connectivity index (χ3n) is 3.16. The Labute approximate surface area is 140 Å². The zero-order valence-corrected chi connectivity index (χ0v) is 14.7. The first-order valence-corrected chi connectivity index (χ1v) is 9.22. The molecule has 0 bridgehead atoms. The van der Waals surface area contributed by atoms with Crippen LogP contribution >= 0.6 is 34.4 Å². The first-order chi connectivity index (χ1) is 10.5. The van der Waals surface area contributed by atoms with Crippen LogP contribution in [0.4, 0.5) is 5.13 Å². The number of carbonyl (C=O) groups excluding carboxylic acids is 1. The molecule has 0 saturated carbocycles. The van der Waals surface area contributed by atoms with E-state index in [1.807, 2.05) is 13.8 Å². The molecule has 1 atom stereocenters. The maximum Gasteiger partial charge on any atom is 0.239 e. The Bertz CT molecular complexity index is 774. The third-order valence-corrected chi connectivity index (χ3v) is 6.18. The molecule has 114 valence electrons. The average Bonchev–Trinajstić information content (AvgIpc) is 3.13. The van der Waals surface area contributed by atoms with Gasteiger partial charge in [0.2, 0.25) is 5.91 Å². The number of amides is 1. The van der Waals surface area contributed by atoms with E-state index < -0.39 is 0 Å². The molecule has 5 nitrogen and oxygen atoms in total. The molecule has 0 aliphatic carbocycles. The van der Waals surface area contributed by atoms with Gasteiger partial charge in [0, 0.05) is 0 Å². The van der Waals surface area contributed by atoms with E-state index >= 15 is 0 Å². The Balaban J connectivity index is 1.76. The van der Waals surface area contributed by atoms with Crippen molar-refractivity contribution in [3.8, 4) is 0 Å². The van der Waals surface area contributed by atoms with Crippen LogP contribution in [0, 0.1) is 13.8 Å². The highest BCUT2D eigenvalue weighted by atomic mass is 32.2. The van der Waals surface area contributed by atoms with Crippen molar-refractivity contribution in [1.82, 2.24) is 15.2 Å². The van der Waals surface area contributed by atoms with E-state index in [4.69, 9.17) is 0 Å². The van der Waals surface area contributed by atoms with Crippen LogP contribution in [0.5, 0.6) is 0 Å². The van der Waals surface area contributed by atoms with E-state index in [9.17, 15) is 4.79 Å². The molecule has 1 unspecified atom stereocenters. The van der Waals surface area contributed by atoms with Crippen LogP contribution in [0.25, 0.3) is 10.2 Å². The maximum absolute atomic E-state index is 12.3. The summed E-state index contributed by atoms with van der Waals surface area (Å²) in [7, 11) is 0. The van der Waals surface area contributed by atoms with Crippen molar-refractivity contribution in [1.29, 1.82) is 0 Å². The Hall–Kier alpha value is -1.51. The fourth-order valence-electron chi connectivity index (χ4n) is 1.94. The predicted molar refractivity (Wildman–Crippen MR) is 93.0 cm³/mol. The molecule has 0 aliphatic rings. The SMILES string of the molecule is Cc1ccc(C)c2sc(NC(=O)C(C)Sc3nncs3)nc12. The number of nitrogens with one attached hydrogen (secondary N) is 1. The zero-order chi connectivity index (χ0) is 15.7. The first-order valence-electron chi connectivity index (χ1n) is 6.65. The average molecular weight is 350 g/mol. The lowest BCUT2D eigenvalue weighted by atomic mass is 10.1. The summed E-state index contributed by atoms with van der Waals surface area (Å²) in [5.41, 5.74) is 4.92. The number of aryl methyl sites for hydroxylation is 2. The molecule has 8 heteroatoms. The van der Waals surface area contributed by atoms with Crippen molar-refractivity contribution in [2.45, 2.75) is 30.4 Å². The van der Waals surface area contributed by atoms with Crippen molar-refractivity contribution < 1.29 is 4.79 Å². The van der Waals surface area contributed by atoms with Gasteiger partial charge in [0.05, 0.1) is 15.5 Å². The number of anilines is 1. The fourth-order valence-corrected chi connectivity index (χ4v) is 4.58. The molecule has 2 heterocycles. The molecule has 1 N–H and O–H groups in total. The lowest BCUT2D eigenvalue weighted by molar-refractivity contribution is -0.115. The number of thiazole rings is 1. The van der Waals surface area contributed by atoms with E-state index in [1.54, 1.807) is 5.51 Å². The van der Waals surface area contributed by atoms with Crippen LogP contribution in [-0.4, -0.2) is 26.3 Å². The molecular formula is C14H14N4OS3. The normalized spacial score (nSPS) is 12.5. The molecule has 1 aromatic carbocycles. The lowest BCUT2D eigenvalue weighted by Crippen LogP contribution is -2.22. The lowest BCUT2D eigenvalue weighted by Gasteiger charge is -2.07. The second kappa shape index (κ2) is 6.31. The summed E-state index contributed by atoms with van der Waals surface area (Å²) in [6.07, 6.45) is 0. The Morgan fingerprint density at radius 2 is 2.09 bits per heavy atom. The van der Waals surface area contributed by atoms with Gasteiger partial charge in [-0.2, -0.15) is 0 Å². The van der Waals surface area contributed by atoms with E-state index in [1.165, 1.54) is 40.0 Å². The zero-order valence-electron chi connectivity index (χ0n) is 12.3. The Kier molecular flexibility index (Phi) is 4.42. The summed E-state index contributed by atoms with van der Waals surface area (Å²) >= 11 is 4.34. The molecule has 0 saturated heterocycles. The molecule has 2 aromatic heterocycles. The third kappa shape index (κ3) is 3.13. The fraction of sp³-hybridized carbons (Fsp3) is 0.286. The van der Waals surface area contributed by atoms with Crippen LogP contribution in [0.1, 0.15) is 18.1 Å². The summed E-state index contributed by atoms with van der Waals surface area (Å²) < 4.78 is 1.92. The van der Waals surface area contributed by atoms with Gasteiger partial charge in [-0.1, -0.05) is 46.6 Å². The Morgan fingerprint density at radius 1 is 1.32 bits per heavy atom. The van der Waals surface area contributed by atoms with Gasteiger partial charge in [-0.15, -0.1) is 10.2 Å². The predicted octanol–water partition coefficient (Wildman–Crippen LogP) is 3.88. The number of hydrogen-bond donors (Lipinski definition) is 1. The smallest absolute Gasteiger partial charge is 0.239 e. The van der Waals surface area contributed by atoms with Gasteiger partial charge >= 0.3 is 0 Å². The highest BCUT2D eigenvalue weighted by molar-refractivity contribution is 8.02. The second-order valence-corrected chi connectivity index (χ2v) is 8.27. The van der Waals surface area contributed by atoms with Crippen LogP contribution in [-0.2, 0) is 4.79 Å². The summed E-state index contributed by atoms with van der Waals surface area (Å²) in [5.74, 6) is -0.0745. The molecule has 22 heavy (non-hydrogen) atoms. The van der Waals surface area contributed by atoms with Crippen molar-refractivity contribution in [2.24, 2.45) is 0 Å². The van der Waals surface area contributed by atoms with E-state index in [2.05, 4.69) is 39.6 Å². The summed E-state index contributed by atoms with van der Waals surface area (Å²) in [5, 5.41) is 11.0. The number of thioether (sulfide) groups is 1. The van der Waals surface area contributed by atoms with Gasteiger partial charge in [0.15, 0.2) is 9.47 Å². The monoisotopic (exact) mass is 350 g/mol. The van der Waals surface area contributed by atoms with Gasteiger partial charge in [-0.05, 0) is 31.9 Å². The van der Waals surface area contributed by atoms with Gasteiger partial charge in [0.1, 0.15) is 5.51 Å². The van der Waals surface area contributed by atoms with Crippen LogP contribution in [0.3, 0.4) is 0 Å². The van der Waals surface area contributed by atoms with E-state index in [0.717, 1.165) is 20.1 Å². The van der Waals surface area contributed by atoms with Gasteiger partial charge in [0.25, 0.3) is 0 Å². The molecule has 0 radical (unpaired) electrons. The van der Waals surface area contributed by atoms with E-state index in [0.29, 0.717) is 5.13 Å². The molecular weight excluding hydrogens is 336 g/mol. The minimum atomic E-state index is -0.248. The number of carbonyl (C=O) groups is 1. The topological polar surface area (TPSA) is 67.8 Å². The quantitative estimate of drug-likeness (QED) is 0.723. The highest BCUT2D eigenvalue weighted by Gasteiger charge is 2.18. The standard InChI is InChI=1S/C14H14N4OS3/c1-7-4-5-8(2)11-10(7)16-13(22-11)17-12(19)9(3)21-14-18-15-6-20-14/h4-6,9H,1-3H3,(H,16,17,19). The van der Waals surface area contributed by atoms with Crippen LogP contribution in [0.2, 0.25) is 0 Å². The number of hydrogen-bond acceptors (Lipinski definition) is 7. The van der Waals surface area contributed by atoms with Crippen molar-refractivity contribution in [3.63, 3.8) is 0 Å². The largest absolute Gasteiger partial charge is 0.301 e. The second-order valence-electron chi connectivity index (χ2n) is 4.85. The molecule has 1 amide bonds. The van der Waals surface area contributed by atoms with Gasteiger partial charge in [-0.3, -0.25) is 4.79 Å². The number of fused-ring (bicyclic) bond motifs is 1. The van der Waals surface area contributed by atoms with Crippen molar-refractivity contribution >= 4 is 55.7 Å². The molecule has 3 aromatic rings. The van der Waals surface area contributed by atoms with Crippen LogP contribution < -0.4 is 5.32 Å². The minimum Gasteiger partial charge on any atom is -0.301 e. The summed E-state index contributed by atoms with van der Waals surface area (Å²) in [6.45, 7) is 5.94. The summed E-state index contributed by atoms with van der Waals surface area (Å²) in [4.78, 5) is 16.8. The minimum absolute atomic E-state index is 0.0745. The molecule has 0 fully saturated rings. The number of benzene rings is 1. The summed E-state index contributed by atoms with van der Waals surface area (Å²) in [6, 6.07) is 4.13. The van der Waals surface area contributed by atoms with Crippen LogP contribution in [0.15, 0.2) is 22.0 Å². The molecule has 3 rings (SSSR count). The number of aromatic nitrogens is 3. The van der Waals surface area contributed by atoms with Crippen molar-refractivity contribution in [2.75, 3.05) is 5.32 Å². The molecule has 0 spiro atoms. The maximum atomic E-state index is 12.3. The number of rotatable bonds is 4. The van der Waals surface area contributed by atoms with Gasteiger partial charge < -0.3 is 5.32 Å². The van der Waals surface area contributed by atoms with Crippen molar-refractivity contribution in [3.05, 3.63) is 28.8 Å². The van der Waals surface area contributed by atoms with E-state index in [-0.39, 0.29) is 11.2 Å². The number of nitrogens with zero attached hydrogens (tertiary/aromatic N) is 3.